The van der Waals surface area contributed by atoms with Gasteiger partial charge in [-0.1, -0.05) is 54.1 Å². The van der Waals surface area contributed by atoms with Crippen LogP contribution in [0.1, 0.15) is 31.8 Å². The fraction of sp³-hybridized carbons (Fsp3) is 0.208. The Morgan fingerprint density at radius 1 is 0.903 bits per heavy atom. The molecule has 3 rings (SSSR count). The van der Waals surface area contributed by atoms with Gasteiger partial charge in [0.15, 0.2) is 0 Å². The molecule has 0 aliphatic rings. The fourth-order valence-electron chi connectivity index (χ4n) is 3.23. The zero-order chi connectivity index (χ0) is 22.2. The standard InChI is InChI=1S/C24H24ClN3O3/c1-26-23(30)20-15-28(13-11-17-6-3-2-4-7-17)16-21(22(20)29)24(31)27-12-10-18-8-5-9-19(25)14-18/h2-9,14-16H,10-13H2,1H3,(H,26,30)(H,27,31). The first-order valence-corrected chi connectivity index (χ1v) is 10.4. The highest BCUT2D eigenvalue weighted by molar-refractivity contribution is 6.30. The van der Waals surface area contributed by atoms with Crippen LogP contribution in [0.3, 0.4) is 0 Å². The number of rotatable bonds is 8. The zero-order valence-electron chi connectivity index (χ0n) is 17.2. The number of carbonyl (C=O) groups is 2. The molecule has 0 spiro atoms. The van der Waals surface area contributed by atoms with Gasteiger partial charge in [0.05, 0.1) is 0 Å². The molecule has 2 N–H and O–H groups in total. The normalized spacial score (nSPS) is 10.5. The number of amides is 2. The van der Waals surface area contributed by atoms with Crippen molar-refractivity contribution in [3.8, 4) is 0 Å². The maximum Gasteiger partial charge on any atom is 0.256 e. The molecule has 1 heterocycles. The SMILES string of the molecule is CNC(=O)c1cn(CCc2ccccc2)cc(C(=O)NCCc2cccc(Cl)c2)c1=O. The molecule has 3 aromatic rings. The molecule has 0 atom stereocenters. The maximum absolute atomic E-state index is 12.8. The monoisotopic (exact) mass is 437 g/mol. The van der Waals surface area contributed by atoms with Gasteiger partial charge in [-0.15, -0.1) is 0 Å². The maximum atomic E-state index is 12.8. The molecule has 1 aromatic heterocycles. The van der Waals surface area contributed by atoms with Crippen molar-refractivity contribution < 1.29 is 9.59 Å². The molecule has 0 saturated heterocycles. The Balaban J connectivity index is 1.77. The molecule has 7 heteroatoms. The second-order valence-electron chi connectivity index (χ2n) is 7.10. The van der Waals surface area contributed by atoms with E-state index < -0.39 is 17.2 Å². The lowest BCUT2D eigenvalue weighted by molar-refractivity contribution is 0.0952. The lowest BCUT2D eigenvalue weighted by Crippen LogP contribution is -2.35. The van der Waals surface area contributed by atoms with E-state index in [1.807, 2.05) is 48.5 Å². The first kappa shape index (κ1) is 22.3. The number of pyridine rings is 1. The number of aromatic nitrogens is 1. The minimum Gasteiger partial charge on any atom is -0.355 e. The molecule has 0 aliphatic heterocycles. The minimum absolute atomic E-state index is 0.0553. The number of halogens is 1. The van der Waals surface area contributed by atoms with Crippen molar-refractivity contribution in [2.24, 2.45) is 0 Å². The third kappa shape index (κ3) is 6.06. The van der Waals surface area contributed by atoms with Gasteiger partial charge in [0.2, 0.25) is 5.43 Å². The number of nitrogens with one attached hydrogen (secondary N) is 2. The van der Waals surface area contributed by atoms with Crippen LogP contribution >= 0.6 is 11.6 Å². The number of aryl methyl sites for hydroxylation is 2. The van der Waals surface area contributed by atoms with E-state index >= 15 is 0 Å². The average molecular weight is 438 g/mol. The number of benzene rings is 2. The van der Waals surface area contributed by atoms with Gasteiger partial charge < -0.3 is 15.2 Å². The van der Waals surface area contributed by atoms with Gasteiger partial charge in [0.1, 0.15) is 11.1 Å². The van der Waals surface area contributed by atoms with Crippen LogP contribution < -0.4 is 16.1 Å². The Morgan fingerprint density at radius 2 is 1.58 bits per heavy atom. The molecule has 6 nitrogen and oxygen atoms in total. The Morgan fingerprint density at radius 3 is 2.26 bits per heavy atom. The minimum atomic E-state index is -0.587. The van der Waals surface area contributed by atoms with Crippen LogP contribution in [0.2, 0.25) is 5.02 Å². The molecule has 0 fully saturated rings. The highest BCUT2D eigenvalue weighted by Crippen LogP contribution is 2.11. The van der Waals surface area contributed by atoms with E-state index in [9.17, 15) is 14.4 Å². The van der Waals surface area contributed by atoms with Crippen LogP contribution in [-0.4, -0.2) is 30.0 Å². The van der Waals surface area contributed by atoms with Crippen LogP contribution in [0.15, 0.2) is 71.8 Å². The van der Waals surface area contributed by atoms with Crippen molar-refractivity contribution in [3.63, 3.8) is 0 Å². The van der Waals surface area contributed by atoms with Gasteiger partial charge in [-0.25, -0.2) is 0 Å². The quantitative estimate of drug-likeness (QED) is 0.568. The van der Waals surface area contributed by atoms with E-state index in [1.54, 1.807) is 10.6 Å². The molecular weight excluding hydrogens is 414 g/mol. The molecule has 0 saturated carbocycles. The predicted molar refractivity (Wildman–Crippen MR) is 122 cm³/mol. The summed E-state index contributed by atoms with van der Waals surface area (Å²) in [5, 5.41) is 5.86. The Hall–Kier alpha value is -3.38. The highest BCUT2D eigenvalue weighted by atomic mass is 35.5. The van der Waals surface area contributed by atoms with Gasteiger partial charge in [0.25, 0.3) is 11.8 Å². The van der Waals surface area contributed by atoms with Crippen LogP contribution in [-0.2, 0) is 19.4 Å². The van der Waals surface area contributed by atoms with E-state index in [0.717, 1.165) is 11.1 Å². The lowest BCUT2D eigenvalue weighted by Gasteiger charge is -2.12. The second kappa shape index (κ2) is 10.6. The fourth-order valence-corrected chi connectivity index (χ4v) is 3.44. The van der Waals surface area contributed by atoms with Gasteiger partial charge in [-0.2, -0.15) is 0 Å². The summed E-state index contributed by atoms with van der Waals surface area (Å²) in [5.74, 6) is -1.03. The van der Waals surface area contributed by atoms with Crippen molar-refractivity contribution in [2.75, 3.05) is 13.6 Å². The second-order valence-corrected chi connectivity index (χ2v) is 7.54. The van der Waals surface area contributed by atoms with E-state index in [2.05, 4.69) is 10.6 Å². The molecule has 0 aliphatic carbocycles. The van der Waals surface area contributed by atoms with Crippen molar-refractivity contribution in [1.82, 2.24) is 15.2 Å². The van der Waals surface area contributed by atoms with E-state index in [0.29, 0.717) is 31.0 Å². The number of hydrogen-bond donors (Lipinski definition) is 2. The molecule has 2 amide bonds. The molecule has 0 radical (unpaired) electrons. The third-order valence-corrected chi connectivity index (χ3v) is 5.12. The van der Waals surface area contributed by atoms with E-state index in [4.69, 9.17) is 11.6 Å². The zero-order valence-corrected chi connectivity index (χ0v) is 18.0. The first-order valence-electron chi connectivity index (χ1n) is 10.0. The summed E-state index contributed by atoms with van der Waals surface area (Å²) in [7, 11) is 1.45. The van der Waals surface area contributed by atoms with Gasteiger partial charge in [-0.3, -0.25) is 14.4 Å². The molecule has 160 valence electrons. The summed E-state index contributed by atoms with van der Waals surface area (Å²) < 4.78 is 1.71. The Labute approximate surface area is 185 Å². The van der Waals surface area contributed by atoms with Gasteiger partial charge in [0, 0.05) is 37.6 Å². The molecular formula is C24H24ClN3O3. The van der Waals surface area contributed by atoms with Gasteiger partial charge in [-0.05, 0) is 36.1 Å². The molecule has 0 unspecified atom stereocenters. The number of nitrogens with zero attached hydrogens (tertiary/aromatic N) is 1. The molecule has 2 aromatic carbocycles. The number of carbonyl (C=O) groups excluding carboxylic acids is 2. The van der Waals surface area contributed by atoms with Crippen LogP contribution in [0.4, 0.5) is 0 Å². The average Bonchev–Trinajstić information content (AvgIpc) is 2.78. The van der Waals surface area contributed by atoms with Crippen LogP contribution in [0, 0.1) is 0 Å². The van der Waals surface area contributed by atoms with Crippen molar-refractivity contribution in [1.29, 1.82) is 0 Å². The topological polar surface area (TPSA) is 80.2 Å². The van der Waals surface area contributed by atoms with Crippen molar-refractivity contribution in [2.45, 2.75) is 19.4 Å². The Kier molecular flexibility index (Phi) is 7.62. The summed E-state index contributed by atoms with van der Waals surface area (Å²) in [6, 6.07) is 17.2. The highest BCUT2D eigenvalue weighted by Gasteiger charge is 2.18. The van der Waals surface area contributed by atoms with Crippen molar-refractivity contribution in [3.05, 3.63) is 104 Å². The smallest absolute Gasteiger partial charge is 0.256 e. The summed E-state index contributed by atoms with van der Waals surface area (Å²) in [6.45, 7) is 0.865. The van der Waals surface area contributed by atoms with Gasteiger partial charge >= 0.3 is 0 Å². The summed E-state index contributed by atoms with van der Waals surface area (Å²) in [4.78, 5) is 37.7. The van der Waals surface area contributed by atoms with E-state index in [1.165, 1.54) is 19.4 Å². The van der Waals surface area contributed by atoms with Crippen LogP contribution in [0.25, 0.3) is 0 Å². The lowest BCUT2D eigenvalue weighted by atomic mass is 10.1. The first-order chi connectivity index (χ1) is 15.0. The molecule has 31 heavy (non-hydrogen) atoms. The summed E-state index contributed by atoms with van der Waals surface area (Å²) in [6.07, 6.45) is 4.27. The van der Waals surface area contributed by atoms with Crippen LogP contribution in [0.5, 0.6) is 0 Å². The largest absolute Gasteiger partial charge is 0.355 e. The number of hydrogen-bond acceptors (Lipinski definition) is 3. The summed E-state index contributed by atoms with van der Waals surface area (Å²) in [5.41, 5.74) is 1.40. The van der Waals surface area contributed by atoms with Crippen molar-refractivity contribution >= 4 is 23.4 Å². The Bertz CT molecular complexity index is 1130. The summed E-state index contributed by atoms with van der Waals surface area (Å²) >= 11 is 5.99. The molecule has 0 bridgehead atoms. The van der Waals surface area contributed by atoms with E-state index in [-0.39, 0.29) is 11.1 Å². The third-order valence-electron chi connectivity index (χ3n) is 4.89. The predicted octanol–water partition coefficient (Wildman–Crippen LogP) is 3.08.